The van der Waals surface area contributed by atoms with Crippen molar-refractivity contribution in [1.29, 1.82) is 0 Å². The number of hydrogen-bond donors (Lipinski definition) is 2. The van der Waals surface area contributed by atoms with Crippen LogP contribution in [-0.2, 0) is 0 Å². The van der Waals surface area contributed by atoms with Gasteiger partial charge in [-0.15, -0.1) is 0 Å². The highest BCUT2D eigenvalue weighted by atomic mass is 16.3. The second-order valence-electron chi connectivity index (χ2n) is 5.99. The van der Waals surface area contributed by atoms with Gasteiger partial charge in [0.05, 0.1) is 0 Å². The first kappa shape index (κ1) is 13.3. The first-order valence-corrected chi connectivity index (χ1v) is 7.29. The molecular weight excluding hydrogens is 212 g/mol. The van der Waals surface area contributed by atoms with Crippen LogP contribution in [0.5, 0.6) is 0 Å². The van der Waals surface area contributed by atoms with E-state index in [1.54, 1.807) is 0 Å². The lowest BCUT2D eigenvalue weighted by Gasteiger charge is -2.36. The molecule has 2 aliphatic heterocycles. The fourth-order valence-electron chi connectivity index (χ4n) is 3.35. The van der Waals surface area contributed by atoms with Gasteiger partial charge in [0.25, 0.3) is 0 Å². The van der Waals surface area contributed by atoms with E-state index < -0.39 is 0 Å². The number of aliphatic hydroxyl groups excluding tert-OH is 1. The van der Waals surface area contributed by atoms with Gasteiger partial charge in [-0.25, -0.2) is 0 Å². The molecule has 3 heteroatoms. The maximum absolute atomic E-state index is 9.59. The van der Waals surface area contributed by atoms with Crippen LogP contribution in [0.25, 0.3) is 0 Å². The summed E-state index contributed by atoms with van der Waals surface area (Å²) in [6.45, 7) is 9.55. The third-order valence-corrected chi connectivity index (χ3v) is 5.21. The minimum atomic E-state index is 0.107. The Morgan fingerprint density at radius 2 is 1.94 bits per heavy atom. The van der Waals surface area contributed by atoms with Crippen LogP contribution in [0, 0.1) is 11.3 Å². The molecule has 2 saturated heterocycles. The lowest BCUT2D eigenvalue weighted by Crippen LogP contribution is -2.48. The van der Waals surface area contributed by atoms with Gasteiger partial charge in [0.15, 0.2) is 0 Å². The lowest BCUT2D eigenvalue weighted by atomic mass is 9.82. The minimum Gasteiger partial charge on any atom is -0.396 e. The zero-order valence-electron chi connectivity index (χ0n) is 11.4. The fourth-order valence-corrected chi connectivity index (χ4v) is 3.35. The number of nitrogens with zero attached hydrogens (tertiary/aromatic N) is 1. The summed E-state index contributed by atoms with van der Waals surface area (Å²) in [5.41, 5.74) is 0.107. The minimum absolute atomic E-state index is 0.107. The molecule has 2 aliphatic rings. The molecule has 2 N–H and O–H groups in total. The molecule has 3 nitrogen and oxygen atoms in total. The fraction of sp³-hybridized carbons (Fsp3) is 1.00. The summed E-state index contributed by atoms with van der Waals surface area (Å²) in [4.78, 5) is 2.59. The average molecular weight is 240 g/mol. The highest BCUT2D eigenvalue weighted by molar-refractivity contribution is 4.92. The van der Waals surface area contributed by atoms with Crippen molar-refractivity contribution >= 4 is 0 Å². The van der Waals surface area contributed by atoms with Gasteiger partial charge in [0.1, 0.15) is 0 Å². The van der Waals surface area contributed by atoms with Crippen molar-refractivity contribution in [3.8, 4) is 0 Å². The van der Waals surface area contributed by atoms with Crippen LogP contribution < -0.4 is 5.32 Å². The van der Waals surface area contributed by atoms with Crippen LogP contribution in [0.4, 0.5) is 0 Å². The highest BCUT2D eigenvalue weighted by Crippen LogP contribution is 2.29. The largest absolute Gasteiger partial charge is 0.396 e. The van der Waals surface area contributed by atoms with Crippen LogP contribution in [-0.4, -0.2) is 48.8 Å². The van der Waals surface area contributed by atoms with E-state index >= 15 is 0 Å². The molecule has 0 aliphatic carbocycles. The number of fused-ring (bicyclic) bond motifs is 2. The van der Waals surface area contributed by atoms with Gasteiger partial charge in [0.2, 0.25) is 0 Å². The summed E-state index contributed by atoms with van der Waals surface area (Å²) >= 11 is 0. The average Bonchev–Trinajstić information content (AvgIpc) is 2.76. The lowest BCUT2D eigenvalue weighted by molar-refractivity contribution is 0.101. The van der Waals surface area contributed by atoms with Crippen LogP contribution in [0.3, 0.4) is 0 Å². The Hall–Kier alpha value is -0.120. The maximum Gasteiger partial charge on any atom is 0.0499 e. The molecule has 3 atom stereocenters. The quantitative estimate of drug-likeness (QED) is 0.738. The van der Waals surface area contributed by atoms with E-state index in [1.165, 1.54) is 32.5 Å². The van der Waals surface area contributed by atoms with Crippen molar-refractivity contribution in [2.45, 2.75) is 45.6 Å². The third kappa shape index (κ3) is 2.83. The second-order valence-corrected chi connectivity index (χ2v) is 5.99. The topological polar surface area (TPSA) is 35.5 Å². The number of aliphatic hydroxyl groups is 1. The van der Waals surface area contributed by atoms with E-state index in [9.17, 15) is 5.11 Å². The molecule has 0 amide bonds. The molecule has 2 bridgehead atoms. The first-order chi connectivity index (χ1) is 8.23. The van der Waals surface area contributed by atoms with E-state index in [-0.39, 0.29) is 5.41 Å². The summed E-state index contributed by atoms with van der Waals surface area (Å²) in [5, 5.41) is 13.3. The van der Waals surface area contributed by atoms with Crippen molar-refractivity contribution in [3.63, 3.8) is 0 Å². The Bertz CT molecular complexity index is 232. The van der Waals surface area contributed by atoms with E-state index in [4.69, 9.17) is 0 Å². The molecule has 0 aromatic carbocycles. The molecule has 100 valence electrons. The van der Waals surface area contributed by atoms with Gasteiger partial charge in [-0.05, 0) is 44.7 Å². The molecule has 0 aromatic rings. The predicted molar refractivity (Wildman–Crippen MR) is 71.1 cm³/mol. The Labute approximate surface area is 106 Å². The van der Waals surface area contributed by atoms with E-state index in [0.29, 0.717) is 12.6 Å². The van der Waals surface area contributed by atoms with E-state index in [2.05, 4.69) is 24.1 Å². The Morgan fingerprint density at radius 3 is 2.59 bits per heavy atom. The molecular formula is C14H28N2O. The zero-order valence-corrected chi connectivity index (χ0v) is 11.4. The molecule has 3 unspecified atom stereocenters. The Morgan fingerprint density at radius 1 is 1.24 bits per heavy atom. The highest BCUT2D eigenvalue weighted by Gasteiger charge is 2.35. The van der Waals surface area contributed by atoms with Crippen LogP contribution in [0.1, 0.15) is 39.5 Å². The molecule has 2 rings (SSSR count). The Kier molecular flexibility index (Phi) is 4.45. The van der Waals surface area contributed by atoms with Crippen molar-refractivity contribution in [1.82, 2.24) is 10.2 Å². The van der Waals surface area contributed by atoms with Crippen LogP contribution >= 0.6 is 0 Å². The standard InChI is InChI=1S/C14H28N2O/c1-3-14(4-2,11-17)10-15-13-6-8-16-7-5-12(13)9-16/h12-13,15,17H,3-11H2,1-2H3. The van der Waals surface area contributed by atoms with Gasteiger partial charge in [-0.1, -0.05) is 13.8 Å². The van der Waals surface area contributed by atoms with Crippen molar-refractivity contribution < 1.29 is 5.11 Å². The number of piperidine rings is 1. The van der Waals surface area contributed by atoms with Crippen molar-refractivity contribution in [2.75, 3.05) is 32.8 Å². The number of nitrogens with one attached hydrogen (secondary N) is 1. The molecule has 17 heavy (non-hydrogen) atoms. The van der Waals surface area contributed by atoms with Crippen LogP contribution in [0.2, 0.25) is 0 Å². The van der Waals surface area contributed by atoms with E-state index in [0.717, 1.165) is 25.3 Å². The first-order valence-electron chi connectivity index (χ1n) is 7.29. The Balaban J connectivity index is 1.84. The monoisotopic (exact) mass is 240 g/mol. The zero-order chi connectivity index (χ0) is 12.3. The SMILES string of the molecule is CCC(CC)(CO)CNC1CCN2CCC1C2. The van der Waals surface area contributed by atoms with Crippen molar-refractivity contribution in [2.24, 2.45) is 11.3 Å². The second kappa shape index (κ2) is 5.68. The smallest absolute Gasteiger partial charge is 0.0499 e. The summed E-state index contributed by atoms with van der Waals surface area (Å²) in [5.74, 6) is 0.855. The van der Waals surface area contributed by atoms with Gasteiger partial charge >= 0.3 is 0 Å². The third-order valence-electron chi connectivity index (χ3n) is 5.21. The summed E-state index contributed by atoms with van der Waals surface area (Å²) < 4.78 is 0. The molecule has 0 aromatic heterocycles. The summed E-state index contributed by atoms with van der Waals surface area (Å²) in [7, 11) is 0. The maximum atomic E-state index is 9.59. The van der Waals surface area contributed by atoms with Crippen LogP contribution in [0.15, 0.2) is 0 Å². The summed E-state index contributed by atoms with van der Waals surface area (Å²) in [6.07, 6.45) is 4.79. The normalized spacial score (nSPS) is 33.0. The molecule has 2 fully saturated rings. The molecule has 0 spiro atoms. The number of rotatable bonds is 6. The van der Waals surface area contributed by atoms with Gasteiger partial charge in [-0.2, -0.15) is 0 Å². The summed E-state index contributed by atoms with van der Waals surface area (Å²) in [6, 6.07) is 0.692. The molecule has 0 radical (unpaired) electrons. The van der Waals surface area contributed by atoms with E-state index in [1.807, 2.05) is 0 Å². The molecule has 0 saturated carbocycles. The van der Waals surface area contributed by atoms with Crippen molar-refractivity contribution in [3.05, 3.63) is 0 Å². The predicted octanol–water partition coefficient (Wildman–Crippen LogP) is 1.47. The van der Waals surface area contributed by atoms with Gasteiger partial charge in [0, 0.05) is 31.2 Å². The number of hydrogen-bond acceptors (Lipinski definition) is 3. The van der Waals surface area contributed by atoms with Gasteiger partial charge in [-0.3, -0.25) is 0 Å². The van der Waals surface area contributed by atoms with Gasteiger partial charge < -0.3 is 15.3 Å². The molecule has 2 heterocycles.